The first-order valence-electron chi connectivity index (χ1n) is 8.95. The van der Waals surface area contributed by atoms with Gasteiger partial charge in [-0.1, -0.05) is 17.7 Å². The number of benzene rings is 3. The highest BCUT2D eigenvalue weighted by Crippen LogP contribution is 2.34. The van der Waals surface area contributed by atoms with Crippen LogP contribution in [-0.2, 0) is 0 Å². The molecule has 0 bridgehead atoms. The first-order chi connectivity index (χ1) is 14.1. The van der Waals surface area contributed by atoms with E-state index in [1.807, 2.05) is 25.1 Å². The van der Waals surface area contributed by atoms with Crippen molar-refractivity contribution in [3.8, 4) is 23.0 Å². The normalized spacial score (nSPS) is 12.3. The molecule has 4 aromatic rings. The second-order valence-electron chi connectivity index (χ2n) is 6.71. The second-order valence-corrected chi connectivity index (χ2v) is 7.11. The molecule has 0 atom stereocenters. The molecule has 1 aliphatic heterocycles. The zero-order valence-electron chi connectivity index (χ0n) is 15.4. The second kappa shape index (κ2) is 6.83. The maximum Gasteiger partial charge on any atom is 0.255 e. The molecule has 1 N–H and O–H groups in total. The van der Waals surface area contributed by atoms with Crippen molar-refractivity contribution in [1.82, 2.24) is 4.98 Å². The van der Waals surface area contributed by atoms with Crippen LogP contribution in [0.4, 0.5) is 5.69 Å². The van der Waals surface area contributed by atoms with Gasteiger partial charge in [-0.3, -0.25) is 4.79 Å². The number of amides is 1. The number of aromatic nitrogens is 1. The topological polar surface area (TPSA) is 73.6 Å². The Morgan fingerprint density at radius 1 is 1.03 bits per heavy atom. The summed E-state index contributed by atoms with van der Waals surface area (Å²) in [4.78, 5) is 17.2. The molecule has 1 amide bonds. The zero-order chi connectivity index (χ0) is 20.0. The van der Waals surface area contributed by atoms with Crippen molar-refractivity contribution in [2.75, 3.05) is 12.1 Å². The van der Waals surface area contributed by atoms with Crippen LogP contribution in [0.3, 0.4) is 0 Å². The van der Waals surface area contributed by atoms with Gasteiger partial charge in [-0.15, -0.1) is 0 Å². The highest BCUT2D eigenvalue weighted by atomic mass is 35.5. The predicted octanol–water partition coefficient (Wildman–Crippen LogP) is 5.44. The van der Waals surface area contributed by atoms with Gasteiger partial charge in [0.2, 0.25) is 12.7 Å². The van der Waals surface area contributed by atoms with Crippen molar-refractivity contribution in [1.29, 1.82) is 0 Å². The number of oxazole rings is 1. The standard InChI is InChI=1S/C22H15ClN2O4/c1-12-2-6-18-17(8-12)25-22(29-18)14-3-5-15(23)16(9-14)24-21(26)13-4-7-19-20(10-13)28-11-27-19/h2-10H,11H2,1H3,(H,24,26). The number of ether oxygens (including phenoxy) is 2. The van der Waals surface area contributed by atoms with Gasteiger partial charge in [-0.25, -0.2) is 4.98 Å². The maximum absolute atomic E-state index is 12.7. The van der Waals surface area contributed by atoms with Gasteiger partial charge in [-0.05, 0) is 61.0 Å². The molecule has 0 aliphatic carbocycles. The van der Waals surface area contributed by atoms with E-state index in [2.05, 4.69) is 10.3 Å². The van der Waals surface area contributed by atoms with E-state index in [-0.39, 0.29) is 12.7 Å². The molecule has 0 radical (unpaired) electrons. The number of hydrogen-bond donors (Lipinski definition) is 1. The Bertz CT molecular complexity index is 1270. The van der Waals surface area contributed by atoms with E-state index in [4.69, 9.17) is 25.5 Å². The fourth-order valence-corrected chi connectivity index (χ4v) is 3.31. The summed E-state index contributed by atoms with van der Waals surface area (Å²) in [5.41, 5.74) is 4.19. The third kappa shape index (κ3) is 3.28. The Hall–Kier alpha value is -3.51. The molecule has 1 aliphatic rings. The van der Waals surface area contributed by atoms with Crippen molar-refractivity contribution in [3.63, 3.8) is 0 Å². The van der Waals surface area contributed by atoms with E-state index in [1.165, 1.54) is 0 Å². The fraction of sp³-hybridized carbons (Fsp3) is 0.0909. The lowest BCUT2D eigenvalue weighted by Crippen LogP contribution is -2.12. The van der Waals surface area contributed by atoms with Gasteiger partial charge in [0, 0.05) is 11.1 Å². The summed E-state index contributed by atoms with van der Waals surface area (Å²) in [7, 11) is 0. The SMILES string of the molecule is Cc1ccc2oc(-c3ccc(Cl)c(NC(=O)c4ccc5c(c4)OCO5)c3)nc2c1. The van der Waals surface area contributed by atoms with Gasteiger partial charge >= 0.3 is 0 Å². The molecule has 0 saturated carbocycles. The van der Waals surface area contributed by atoms with Gasteiger partial charge in [0.1, 0.15) is 5.52 Å². The van der Waals surface area contributed by atoms with Crippen molar-refractivity contribution < 1.29 is 18.7 Å². The van der Waals surface area contributed by atoms with E-state index in [0.29, 0.717) is 44.8 Å². The highest BCUT2D eigenvalue weighted by Gasteiger charge is 2.18. The summed E-state index contributed by atoms with van der Waals surface area (Å²) in [5, 5.41) is 3.25. The average molecular weight is 407 g/mol. The minimum Gasteiger partial charge on any atom is -0.454 e. The number of hydrogen-bond acceptors (Lipinski definition) is 5. The quantitative estimate of drug-likeness (QED) is 0.490. The summed E-state index contributed by atoms with van der Waals surface area (Å²) >= 11 is 6.30. The number of aryl methyl sites for hydroxylation is 1. The summed E-state index contributed by atoms with van der Waals surface area (Å²) in [6, 6.07) is 16.1. The van der Waals surface area contributed by atoms with Crippen molar-refractivity contribution in [2.24, 2.45) is 0 Å². The molecule has 144 valence electrons. The molecule has 29 heavy (non-hydrogen) atoms. The molecule has 5 rings (SSSR count). The number of anilines is 1. The Balaban J connectivity index is 1.45. The lowest BCUT2D eigenvalue weighted by molar-refractivity contribution is 0.102. The molecule has 3 aromatic carbocycles. The monoisotopic (exact) mass is 406 g/mol. The molecule has 0 spiro atoms. The minimum atomic E-state index is -0.310. The number of halogens is 1. The fourth-order valence-electron chi connectivity index (χ4n) is 3.15. The van der Waals surface area contributed by atoms with Crippen molar-refractivity contribution in [2.45, 2.75) is 6.92 Å². The number of nitrogens with zero attached hydrogens (tertiary/aromatic N) is 1. The highest BCUT2D eigenvalue weighted by molar-refractivity contribution is 6.34. The number of rotatable bonds is 3. The minimum absolute atomic E-state index is 0.151. The third-order valence-electron chi connectivity index (χ3n) is 4.64. The molecule has 2 heterocycles. The van der Waals surface area contributed by atoms with Crippen LogP contribution in [0.1, 0.15) is 15.9 Å². The van der Waals surface area contributed by atoms with Crippen molar-refractivity contribution in [3.05, 3.63) is 70.7 Å². The van der Waals surface area contributed by atoms with E-state index < -0.39 is 0 Å². The zero-order valence-corrected chi connectivity index (χ0v) is 16.1. The van der Waals surface area contributed by atoms with Gasteiger partial charge in [-0.2, -0.15) is 0 Å². The number of carbonyl (C=O) groups excluding carboxylic acids is 1. The summed E-state index contributed by atoms with van der Waals surface area (Å²) < 4.78 is 16.5. The predicted molar refractivity (Wildman–Crippen MR) is 110 cm³/mol. The number of fused-ring (bicyclic) bond motifs is 2. The van der Waals surface area contributed by atoms with Gasteiger partial charge in [0.05, 0.1) is 10.7 Å². The molecule has 6 nitrogen and oxygen atoms in total. The largest absolute Gasteiger partial charge is 0.454 e. The number of nitrogens with one attached hydrogen (secondary N) is 1. The van der Waals surface area contributed by atoms with E-state index >= 15 is 0 Å². The summed E-state index contributed by atoms with van der Waals surface area (Å²) in [6.45, 7) is 2.15. The Labute approximate surface area is 171 Å². The molecular weight excluding hydrogens is 392 g/mol. The molecule has 7 heteroatoms. The Morgan fingerprint density at radius 2 is 1.90 bits per heavy atom. The molecule has 1 aromatic heterocycles. The van der Waals surface area contributed by atoms with Gasteiger partial charge in [0.25, 0.3) is 5.91 Å². The number of carbonyl (C=O) groups is 1. The first kappa shape index (κ1) is 17.6. The van der Waals surface area contributed by atoms with Crippen LogP contribution >= 0.6 is 11.6 Å². The molecular formula is C22H15ClN2O4. The van der Waals surface area contributed by atoms with Crippen LogP contribution < -0.4 is 14.8 Å². The molecule has 0 saturated heterocycles. The van der Waals surface area contributed by atoms with E-state index in [9.17, 15) is 4.79 Å². The van der Waals surface area contributed by atoms with Crippen LogP contribution in [0.2, 0.25) is 5.02 Å². The van der Waals surface area contributed by atoms with Crippen LogP contribution in [-0.4, -0.2) is 17.7 Å². The van der Waals surface area contributed by atoms with E-state index in [0.717, 1.165) is 11.1 Å². The van der Waals surface area contributed by atoms with Crippen LogP contribution in [0.25, 0.3) is 22.6 Å². The molecule has 0 fully saturated rings. The maximum atomic E-state index is 12.7. The lowest BCUT2D eigenvalue weighted by atomic mass is 10.1. The van der Waals surface area contributed by atoms with E-state index in [1.54, 1.807) is 36.4 Å². The lowest BCUT2D eigenvalue weighted by Gasteiger charge is -2.09. The van der Waals surface area contributed by atoms with Crippen LogP contribution in [0.15, 0.2) is 59.0 Å². The Kier molecular flexibility index (Phi) is 4.14. The average Bonchev–Trinajstić information content (AvgIpc) is 3.35. The first-order valence-corrected chi connectivity index (χ1v) is 9.33. The summed E-state index contributed by atoms with van der Waals surface area (Å²) in [5.74, 6) is 1.31. The van der Waals surface area contributed by atoms with Gasteiger partial charge in [0.15, 0.2) is 17.1 Å². The smallest absolute Gasteiger partial charge is 0.255 e. The Morgan fingerprint density at radius 3 is 2.79 bits per heavy atom. The third-order valence-corrected chi connectivity index (χ3v) is 4.97. The van der Waals surface area contributed by atoms with Crippen molar-refractivity contribution >= 4 is 34.3 Å². The van der Waals surface area contributed by atoms with Gasteiger partial charge < -0.3 is 19.2 Å². The summed E-state index contributed by atoms with van der Waals surface area (Å²) in [6.07, 6.45) is 0. The van der Waals surface area contributed by atoms with Crippen LogP contribution in [0, 0.1) is 6.92 Å². The van der Waals surface area contributed by atoms with Crippen LogP contribution in [0.5, 0.6) is 11.5 Å². The molecule has 0 unspecified atom stereocenters.